The summed E-state index contributed by atoms with van der Waals surface area (Å²) in [6.45, 7) is 3.99. The number of nitrogens with zero attached hydrogens (tertiary/aromatic N) is 1. The van der Waals surface area contributed by atoms with Gasteiger partial charge in [0.15, 0.2) is 5.96 Å². The molecule has 0 saturated heterocycles. The van der Waals surface area contributed by atoms with Crippen molar-refractivity contribution in [3.63, 3.8) is 0 Å². The van der Waals surface area contributed by atoms with Crippen LogP contribution in [-0.4, -0.2) is 30.8 Å². The molecule has 5 nitrogen and oxygen atoms in total. The number of nitrogens with one attached hydrogen (secondary N) is 2. The van der Waals surface area contributed by atoms with Gasteiger partial charge in [-0.15, -0.1) is 0 Å². The number of aliphatic hydroxyl groups is 1. The van der Waals surface area contributed by atoms with Crippen LogP contribution in [-0.2, 0) is 6.54 Å². The summed E-state index contributed by atoms with van der Waals surface area (Å²) in [5, 5.41) is 16.0. The lowest BCUT2D eigenvalue weighted by atomic mass is 10.0. The molecule has 1 aromatic heterocycles. The zero-order valence-electron chi connectivity index (χ0n) is 12.8. The Morgan fingerprint density at radius 3 is 2.64 bits per heavy atom. The van der Waals surface area contributed by atoms with Gasteiger partial charge in [0.2, 0.25) is 0 Å². The highest BCUT2D eigenvalue weighted by Gasteiger charge is 2.10. The molecule has 0 aliphatic rings. The van der Waals surface area contributed by atoms with Gasteiger partial charge in [-0.1, -0.05) is 30.3 Å². The highest BCUT2D eigenvalue weighted by atomic mass is 16.3. The number of benzene rings is 1. The number of rotatable bonds is 7. The molecule has 0 radical (unpaired) electrons. The summed E-state index contributed by atoms with van der Waals surface area (Å²) in [4.78, 5) is 4.47. The summed E-state index contributed by atoms with van der Waals surface area (Å²) >= 11 is 0. The predicted octanol–water partition coefficient (Wildman–Crippen LogP) is 2.11. The highest BCUT2D eigenvalue weighted by molar-refractivity contribution is 5.79. The van der Waals surface area contributed by atoms with Gasteiger partial charge in [-0.05, 0) is 24.6 Å². The molecule has 0 aliphatic carbocycles. The van der Waals surface area contributed by atoms with Crippen LogP contribution < -0.4 is 10.6 Å². The zero-order valence-corrected chi connectivity index (χ0v) is 12.8. The lowest BCUT2D eigenvalue weighted by molar-refractivity contribution is 0.265. The second-order valence-electron chi connectivity index (χ2n) is 4.95. The fourth-order valence-corrected chi connectivity index (χ4v) is 2.13. The molecule has 0 bridgehead atoms. The van der Waals surface area contributed by atoms with Crippen molar-refractivity contribution in [1.29, 1.82) is 0 Å². The summed E-state index contributed by atoms with van der Waals surface area (Å²) in [6, 6.07) is 13.7. The third-order valence-electron chi connectivity index (χ3n) is 3.32. The maximum Gasteiger partial charge on any atom is 0.191 e. The SMILES string of the molecule is CCNC(=NCc1ccco1)NCC(CO)c1ccccc1. The van der Waals surface area contributed by atoms with E-state index >= 15 is 0 Å². The molecule has 3 N–H and O–H groups in total. The largest absolute Gasteiger partial charge is 0.467 e. The molecular weight excluding hydrogens is 278 g/mol. The summed E-state index contributed by atoms with van der Waals surface area (Å²) in [5.74, 6) is 1.57. The van der Waals surface area contributed by atoms with Crippen molar-refractivity contribution in [3.05, 3.63) is 60.1 Å². The van der Waals surface area contributed by atoms with Crippen LogP contribution in [0.2, 0.25) is 0 Å². The number of aliphatic imine (C=N–C) groups is 1. The second-order valence-corrected chi connectivity index (χ2v) is 4.95. The van der Waals surface area contributed by atoms with Crippen molar-refractivity contribution in [3.8, 4) is 0 Å². The molecule has 2 aromatic rings. The summed E-state index contributed by atoms with van der Waals surface area (Å²) in [6.07, 6.45) is 1.64. The lowest BCUT2D eigenvalue weighted by Crippen LogP contribution is -2.39. The lowest BCUT2D eigenvalue weighted by Gasteiger charge is -2.17. The molecule has 0 fully saturated rings. The van der Waals surface area contributed by atoms with Gasteiger partial charge in [0.05, 0.1) is 12.9 Å². The van der Waals surface area contributed by atoms with E-state index in [9.17, 15) is 5.11 Å². The quantitative estimate of drug-likeness (QED) is 0.541. The average Bonchev–Trinajstić information content (AvgIpc) is 3.07. The Kier molecular flexibility index (Phi) is 6.51. The highest BCUT2D eigenvalue weighted by Crippen LogP contribution is 2.13. The molecule has 0 aliphatic heterocycles. The Morgan fingerprint density at radius 1 is 1.18 bits per heavy atom. The molecular formula is C17H23N3O2. The van der Waals surface area contributed by atoms with Crippen LogP contribution >= 0.6 is 0 Å². The molecule has 0 spiro atoms. The van der Waals surface area contributed by atoms with Crippen molar-refractivity contribution < 1.29 is 9.52 Å². The van der Waals surface area contributed by atoms with Gasteiger partial charge >= 0.3 is 0 Å². The summed E-state index contributed by atoms with van der Waals surface area (Å²) in [7, 11) is 0. The molecule has 0 amide bonds. The van der Waals surface area contributed by atoms with Crippen LogP contribution in [0.25, 0.3) is 0 Å². The second kappa shape index (κ2) is 8.89. The number of aliphatic hydroxyl groups excluding tert-OH is 1. The van der Waals surface area contributed by atoms with Crippen LogP contribution in [0.5, 0.6) is 0 Å². The van der Waals surface area contributed by atoms with Crippen LogP contribution in [0.4, 0.5) is 0 Å². The average molecular weight is 301 g/mol. The van der Waals surface area contributed by atoms with Crippen molar-refractivity contribution in [1.82, 2.24) is 10.6 Å². The first-order valence-corrected chi connectivity index (χ1v) is 7.53. The maximum atomic E-state index is 9.59. The predicted molar refractivity (Wildman–Crippen MR) is 87.8 cm³/mol. The van der Waals surface area contributed by atoms with Crippen LogP contribution in [0.3, 0.4) is 0 Å². The Bertz CT molecular complexity index is 553. The first kappa shape index (κ1) is 16.1. The standard InChI is InChI=1S/C17H23N3O2/c1-2-18-17(20-12-16-9-6-10-22-16)19-11-15(13-21)14-7-4-3-5-8-14/h3-10,15,21H,2,11-13H2,1H3,(H2,18,19,20). The smallest absolute Gasteiger partial charge is 0.191 e. The Labute approximate surface area is 131 Å². The topological polar surface area (TPSA) is 69.8 Å². The molecule has 5 heteroatoms. The van der Waals surface area contributed by atoms with Crippen molar-refractivity contribution in [2.45, 2.75) is 19.4 Å². The van der Waals surface area contributed by atoms with E-state index in [1.807, 2.05) is 49.4 Å². The van der Waals surface area contributed by atoms with Gasteiger partial charge in [-0.25, -0.2) is 4.99 Å². The van der Waals surface area contributed by atoms with Crippen molar-refractivity contribution in [2.24, 2.45) is 4.99 Å². The molecule has 0 saturated carbocycles. The zero-order chi connectivity index (χ0) is 15.6. The van der Waals surface area contributed by atoms with Gasteiger partial charge in [-0.2, -0.15) is 0 Å². The van der Waals surface area contributed by atoms with Gasteiger partial charge in [0.25, 0.3) is 0 Å². The number of guanidine groups is 1. The number of hydrogen-bond acceptors (Lipinski definition) is 3. The van der Waals surface area contributed by atoms with E-state index in [2.05, 4.69) is 15.6 Å². The van der Waals surface area contributed by atoms with Crippen molar-refractivity contribution in [2.75, 3.05) is 19.7 Å². The minimum atomic E-state index is 0.0358. The third kappa shape index (κ3) is 4.93. The summed E-state index contributed by atoms with van der Waals surface area (Å²) in [5.41, 5.74) is 1.11. The molecule has 118 valence electrons. The van der Waals surface area contributed by atoms with Gasteiger partial charge < -0.3 is 20.2 Å². The van der Waals surface area contributed by atoms with Gasteiger partial charge in [0.1, 0.15) is 12.3 Å². The normalized spacial score (nSPS) is 12.9. The fourth-order valence-electron chi connectivity index (χ4n) is 2.13. The first-order valence-electron chi connectivity index (χ1n) is 7.53. The Hall–Kier alpha value is -2.27. The van der Waals surface area contributed by atoms with Gasteiger partial charge in [0, 0.05) is 19.0 Å². The van der Waals surface area contributed by atoms with E-state index in [1.54, 1.807) is 6.26 Å². The maximum absolute atomic E-state index is 9.59. The number of hydrogen-bond donors (Lipinski definition) is 3. The fraction of sp³-hybridized carbons (Fsp3) is 0.353. The molecule has 22 heavy (non-hydrogen) atoms. The minimum absolute atomic E-state index is 0.0358. The minimum Gasteiger partial charge on any atom is -0.467 e. The van der Waals surface area contributed by atoms with E-state index in [1.165, 1.54) is 0 Å². The monoisotopic (exact) mass is 301 g/mol. The molecule has 1 unspecified atom stereocenters. The van der Waals surface area contributed by atoms with Crippen molar-refractivity contribution >= 4 is 5.96 Å². The Balaban J connectivity index is 1.93. The van der Waals surface area contributed by atoms with E-state index in [0.717, 1.165) is 17.9 Å². The van der Waals surface area contributed by atoms with Crippen LogP contribution in [0, 0.1) is 0 Å². The molecule has 1 aromatic carbocycles. The van der Waals surface area contributed by atoms with E-state index in [4.69, 9.17) is 4.42 Å². The Morgan fingerprint density at radius 2 is 2.00 bits per heavy atom. The van der Waals surface area contributed by atoms with E-state index < -0.39 is 0 Å². The number of furan rings is 1. The summed E-state index contributed by atoms with van der Waals surface area (Å²) < 4.78 is 5.28. The molecule has 2 rings (SSSR count). The molecule has 1 atom stereocenters. The third-order valence-corrected chi connectivity index (χ3v) is 3.32. The van der Waals surface area contributed by atoms with E-state index in [0.29, 0.717) is 19.0 Å². The van der Waals surface area contributed by atoms with Crippen LogP contribution in [0.15, 0.2) is 58.1 Å². The molecule has 1 heterocycles. The van der Waals surface area contributed by atoms with Gasteiger partial charge in [-0.3, -0.25) is 0 Å². The van der Waals surface area contributed by atoms with Crippen LogP contribution in [0.1, 0.15) is 24.2 Å². The first-order chi connectivity index (χ1) is 10.8. The van der Waals surface area contributed by atoms with E-state index in [-0.39, 0.29) is 12.5 Å².